The van der Waals surface area contributed by atoms with Crippen LogP contribution in [-0.4, -0.2) is 9.97 Å². The Labute approximate surface area is 114 Å². The van der Waals surface area contributed by atoms with E-state index >= 15 is 0 Å². The maximum atomic E-state index is 6.06. The van der Waals surface area contributed by atoms with Gasteiger partial charge < -0.3 is 5.32 Å². The number of halogens is 2. The van der Waals surface area contributed by atoms with Crippen molar-refractivity contribution in [3.8, 4) is 0 Å². The van der Waals surface area contributed by atoms with Crippen molar-refractivity contribution in [2.45, 2.75) is 6.92 Å². The fourth-order valence-electron chi connectivity index (χ4n) is 1.44. The molecule has 0 amide bonds. The summed E-state index contributed by atoms with van der Waals surface area (Å²) >= 11 is 12.1. The van der Waals surface area contributed by atoms with Crippen molar-refractivity contribution in [3.05, 3.63) is 40.0 Å². The second kappa shape index (κ2) is 5.39. The Morgan fingerprint density at radius 3 is 2.44 bits per heavy atom. The van der Waals surface area contributed by atoms with Crippen LogP contribution in [0.4, 0.5) is 17.5 Å². The fraction of sp³-hybridized carbons (Fsp3) is 0.0909. The van der Waals surface area contributed by atoms with Gasteiger partial charge in [0.2, 0.25) is 5.95 Å². The lowest BCUT2D eigenvalue weighted by atomic mass is 10.3. The Kier molecular flexibility index (Phi) is 3.86. The van der Waals surface area contributed by atoms with Crippen molar-refractivity contribution in [2.75, 3.05) is 10.7 Å². The van der Waals surface area contributed by atoms with Crippen LogP contribution in [0.3, 0.4) is 0 Å². The lowest BCUT2D eigenvalue weighted by Crippen LogP contribution is -2.12. The van der Waals surface area contributed by atoms with Gasteiger partial charge in [0, 0.05) is 11.8 Å². The molecule has 0 saturated heterocycles. The number of aromatic nitrogens is 2. The number of hydrogen-bond acceptors (Lipinski definition) is 5. The summed E-state index contributed by atoms with van der Waals surface area (Å²) in [6.45, 7) is 1.84. The van der Waals surface area contributed by atoms with Gasteiger partial charge in [0.15, 0.2) is 0 Å². The van der Waals surface area contributed by atoms with E-state index in [1.165, 1.54) is 0 Å². The monoisotopic (exact) mass is 283 g/mol. The molecule has 1 heterocycles. The highest BCUT2D eigenvalue weighted by atomic mass is 35.5. The third-order valence-corrected chi connectivity index (χ3v) is 2.83. The van der Waals surface area contributed by atoms with E-state index in [0.717, 1.165) is 5.69 Å². The van der Waals surface area contributed by atoms with Crippen molar-refractivity contribution in [2.24, 2.45) is 5.84 Å². The first-order valence-corrected chi connectivity index (χ1v) is 5.89. The minimum atomic E-state index is 0.320. The molecule has 7 heteroatoms. The van der Waals surface area contributed by atoms with Gasteiger partial charge in [0.25, 0.3) is 0 Å². The molecule has 5 nitrogen and oxygen atoms in total. The largest absolute Gasteiger partial charge is 0.338 e. The molecule has 1 aromatic carbocycles. The molecular weight excluding hydrogens is 273 g/mol. The molecule has 0 unspecified atom stereocenters. The molecule has 2 rings (SSSR count). The number of benzene rings is 1. The molecule has 0 aliphatic rings. The molecule has 0 saturated carbocycles. The van der Waals surface area contributed by atoms with Crippen LogP contribution >= 0.6 is 23.2 Å². The van der Waals surface area contributed by atoms with Gasteiger partial charge in [0.05, 0.1) is 15.7 Å². The van der Waals surface area contributed by atoms with E-state index < -0.39 is 0 Å². The predicted molar refractivity (Wildman–Crippen MR) is 74.3 cm³/mol. The van der Waals surface area contributed by atoms with Crippen molar-refractivity contribution < 1.29 is 0 Å². The third kappa shape index (κ3) is 2.81. The first-order valence-electron chi connectivity index (χ1n) is 5.13. The Balaban J connectivity index is 2.37. The van der Waals surface area contributed by atoms with Gasteiger partial charge in [-0.05, 0) is 19.1 Å². The van der Waals surface area contributed by atoms with Gasteiger partial charge in [0.1, 0.15) is 5.82 Å². The lowest BCUT2D eigenvalue weighted by molar-refractivity contribution is 1.07. The van der Waals surface area contributed by atoms with Crippen LogP contribution in [0.15, 0.2) is 24.3 Å². The Morgan fingerprint density at radius 2 is 1.83 bits per heavy atom. The quantitative estimate of drug-likeness (QED) is 0.596. The summed E-state index contributed by atoms with van der Waals surface area (Å²) in [5, 5.41) is 4.08. The average Bonchev–Trinajstić information content (AvgIpc) is 2.33. The van der Waals surface area contributed by atoms with Crippen LogP contribution in [-0.2, 0) is 0 Å². The van der Waals surface area contributed by atoms with Gasteiger partial charge in [-0.1, -0.05) is 29.3 Å². The van der Waals surface area contributed by atoms with Crippen LogP contribution < -0.4 is 16.6 Å². The molecule has 0 spiro atoms. The highest BCUT2D eigenvalue weighted by Gasteiger charge is 2.07. The molecular formula is C11H11Cl2N5. The second-order valence-electron chi connectivity index (χ2n) is 3.58. The number of hydrogen-bond donors (Lipinski definition) is 3. The maximum Gasteiger partial charge on any atom is 0.239 e. The van der Waals surface area contributed by atoms with E-state index in [-0.39, 0.29) is 0 Å². The molecule has 0 aliphatic carbocycles. The Hall–Kier alpha value is -1.56. The number of nitrogen functional groups attached to an aromatic ring is 1. The summed E-state index contributed by atoms with van der Waals surface area (Å²) in [5.74, 6) is 6.17. The molecule has 0 atom stereocenters. The van der Waals surface area contributed by atoms with Crippen molar-refractivity contribution in [1.29, 1.82) is 0 Å². The van der Waals surface area contributed by atoms with E-state index in [2.05, 4.69) is 20.7 Å². The van der Waals surface area contributed by atoms with Crippen LogP contribution in [0.25, 0.3) is 0 Å². The number of para-hydroxylation sites is 1. The molecule has 0 fully saturated rings. The first kappa shape index (κ1) is 12.9. The van der Waals surface area contributed by atoms with Gasteiger partial charge in [-0.15, -0.1) is 0 Å². The van der Waals surface area contributed by atoms with Gasteiger partial charge in [-0.2, -0.15) is 4.98 Å². The molecule has 94 valence electrons. The topological polar surface area (TPSA) is 75.9 Å². The van der Waals surface area contributed by atoms with Gasteiger partial charge in [-0.3, -0.25) is 5.43 Å². The fourth-order valence-corrected chi connectivity index (χ4v) is 1.93. The molecule has 2 aromatic rings. The molecule has 0 aliphatic heterocycles. The van der Waals surface area contributed by atoms with E-state index in [1.807, 2.05) is 6.92 Å². The highest BCUT2D eigenvalue weighted by molar-refractivity contribution is 6.39. The summed E-state index contributed by atoms with van der Waals surface area (Å²) in [6, 6.07) is 7.02. The van der Waals surface area contributed by atoms with Crippen LogP contribution in [0.5, 0.6) is 0 Å². The number of nitrogens with one attached hydrogen (secondary N) is 2. The van der Waals surface area contributed by atoms with E-state index in [4.69, 9.17) is 29.0 Å². The Morgan fingerprint density at radius 1 is 1.17 bits per heavy atom. The van der Waals surface area contributed by atoms with Crippen LogP contribution in [0.1, 0.15) is 5.69 Å². The smallest absolute Gasteiger partial charge is 0.239 e. The predicted octanol–water partition coefficient (Wildman–Crippen LogP) is 3.12. The molecule has 0 radical (unpaired) electrons. The van der Waals surface area contributed by atoms with Crippen molar-refractivity contribution in [1.82, 2.24) is 9.97 Å². The highest BCUT2D eigenvalue weighted by Crippen LogP contribution is 2.32. The normalized spacial score (nSPS) is 10.2. The van der Waals surface area contributed by atoms with Gasteiger partial charge in [-0.25, -0.2) is 10.8 Å². The third-order valence-electron chi connectivity index (χ3n) is 2.20. The van der Waals surface area contributed by atoms with Crippen molar-refractivity contribution >= 4 is 40.7 Å². The summed E-state index contributed by atoms with van der Waals surface area (Å²) < 4.78 is 0. The van der Waals surface area contributed by atoms with E-state index in [0.29, 0.717) is 27.5 Å². The zero-order valence-electron chi connectivity index (χ0n) is 9.54. The zero-order valence-corrected chi connectivity index (χ0v) is 11.0. The summed E-state index contributed by atoms with van der Waals surface area (Å²) in [6.07, 6.45) is 0. The maximum absolute atomic E-state index is 6.06. The number of rotatable bonds is 3. The van der Waals surface area contributed by atoms with E-state index in [1.54, 1.807) is 24.3 Å². The number of anilines is 3. The van der Waals surface area contributed by atoms with Gasteiger partial charge >= 0.3 is 0 Å². The van der Waals surface area contributed by atoms with Crippen LogP contribution in [0, 0.1) is 6.92 Å². The van der Waals surface area contributed by atoms with Crippen molar-refractivity contribution in [3.63, 3.8) is 0 Å². The zero-order chi connectivity index (χ0) is 13.1. The minimum Gasteiger partial charge on any atom is -0.338 e. The number of hydrazine groups is 1. The molecule has 0 bridgehead atoms. The summed E-state index contributed by atoms with van der Waals surface area (Å²) in [7, 11) is 0. The molecule has 4 N–H and O–H groups in total. The summed E-state index contributed by atoms with van der Waals surface area (Å²) in [5.41, 5.74) is 3.76. The molecule has 18 heavy (non-hydrogen) atoms. The molecule has 1 aromatic heterocycles. The van der Waals surface area contributed by atoms with E-state index in [9.17, 15) is 0 Å². The second-order valence-corrected chi connectivity index (χ2v) is 4.40. The standard InChI is InChI=1S/C11H11Cl2N5/c1-6-5-9(17-11(15-6)18-14)16-10-7(12)3-2-4-8(10)13/h2-5H,14H2,1H3,(H2,15,16,17,18). The minimum absolute atomic E-state index is 0.320. The number of aryl methyl sites for hydroxylation is 1. The number of nitrogens with zero attached hydrogens (tertiary/aromatic N) is 2. The lowest BCUT2D eigenvalue weighted by Gasteiger charge is -2.10. The number of nitrogens with two attached hydrogens (primary N) is 1. The SMILES string of the molecule is Cc1cc(Nc2c(Cl)cccc2Cl)nc(NN)n1. The average molecular weight is 284 g/mol. The Bertz CT molecular complexity index is 553. The van der Waals surface area contributed by atoms with Crippen LogP contribution in [0.2, 0.25) is 10.0 Å². The first-order chi connectivity index (χ1) is 8.60. The summed E-state index contributed by atoms with van der Waals surface area (Å²) in [4.78, 5) is 8.24.